The van der Waals surface area contributed by atoms with Crippen LogP contribution in [0.5, 0.6) is 5.75 Å². The summed E-state index contributed by atoms with van der Waals surface area (Å²) in [7, 11) is 1.34. The van der Waals surface area contributed by atoms with Gasteiger partial charge in [-0.3, -0.25) is 9.59 Å². The number of hydrogen-bond acceptors (Lipinski definition) is 5. The largest absolute Gasteiger partial charge is 0.494 e. The van der Waals surface area contributed by atoms with E-state index in [2.05, 4.69) is 21.2 Å². The lowest BCUT2D eigenvalue weighted by Gasteiger charge is -2.18. The van der Waals surface area contributed by atoms with Crippen LogP contribution < -0.4 is 10.1 Å². The van der Waals surface area contributed by atoms with E-state index in [0.29, 0.717) is 6.61 Å². The molecule has 0 fully saturated rings. The molecule has 1 atom stereocenters. The molecule has 7 heteroatoms. The molecule has 1 unspecified atom stereocenters. The summed E-state index contributed by atoms with van der Waals surface area (Å²) in [6.45, 7) is 2.55. The number of rotatable bonds is 9. The molecule has 0 saturated heterocycles. The highest BCUT2D eigenvalue weighted by atomic mass is 79.9. The number of thioether (sulfide) groups is 1. The highest BCUT2D eigenvalue weighted by Gasteiger charge is 2.19. The third-order valence-electron chi connectivity index (χ3n) is 3.69. The molecular formula is C20H22BrNO4S. The van der Waals surface area contributed by atoms with E-state index in [0.717, 1.165) is 20.7 Å². The minimum atomic E-state index is -0.441. The van der Waals surface area contributed by atoms with Crippen LogP contribution in [0.25, 0.3) is 0 Å². The van der Waals surface area contributed by atoms with Crippen molar-refractivity contribution in [3.8, 4) is 5.75 Å². The van der Waals surface area contributed by atoms with Crippen LogP contribution in [-0.2, 0) is 14.3 Å². The first-order chi connectivity index (χ1) is 13.0. The number of carbonyl (C=O) groups excluding carboxylic acids is 2. The van der Waals surface area contributed by atoms with Crippen molar-refractivity contribution in [2.45, 2.75) is 24.3 Å². The van der Waals surface area contributed by atoms with Gasteiger partial charge in [0.15, 0.2) is 0 Å². The zero-order valence-electron chi connectivity index (χ0n) is 15.2. The lowest BCUT2D eigenvalue weighted by Crippen LogP contribution is -2.31. The van der Waals surface area contributed by atoms with Crippen LogP contribution in [0, 0.1) is 0 Å². The minimum absolute atomic E-state index is 0.0758. The van der Waals surface area contributed by atoms with Crippen molar-refractivity contribution in [1.82, 2.24) is 5.32 Å². The lowest BCUT2D eigenvalue weighted by atomic mass is 10.0. The van der Waals surface area contributed by atoms with Crippen molar-refractivity contribution in [1.29, 1.82) is 0 Å². The fourth-order valence-corrected chi connectivity index (χ4v) is 3.54. The van der Waals surface area contributed by atoms with Crippen LogP contribution in [0.4, 0.5) is 0 Å². The van der Waals surface area contributed by atoms with Gasteiger partial charge in [0.05, 0.1) is 31.9 Å². The van der Waals surface area contributed by atoms with Crippen molar-refractivity contribution in [2.75, 3.05) is 19.5 Å². The van der Waals surface area contributed by atoms with E-state index in [4.69, 9.17) is 9.47 Å². The molecule has 2 aromatic rings. The highest BCUT2D eigenvalue weighted by Crippen LogP contribution is 2.24. The SMILES string of the molecule is CCOc1ccc(SCC(=O)NC(CC(=O)OC)c2cccc(Br)c2)cc1. The average molecular weight is 452 g/mol. The summed E-state index contributed by atoms with van der Waals surface area (Å²) in [5, 5.41) is 2.92. The molecule has 2 aromatic carbocycles. The maximum atomic E-state index is 12.4. The first-order valence-electron chi connectivity index (χ1n) is 8.49. The summed E-state index contributed by atoms with van der Waals surface area (Å²) in [5.74, 6) is 0.529. The predicted octanol–water partition coefficient (Wildman–Crippen LogP) is 4.36. The second kappa shape index (κ2) is 11.0. The second-order valence-electron chi connectivity index (χ2n) is 5.65. The Kier molecular flexibility index (Phi) is 8.67. The summed E-state index contributed by atoms with van der Waals surface area (Å²) in [4.78, 5) is 25.1. The first-order valence-corrected chi connectivity index (χ1v) is 10.3. The Morgan fingerprint density at radius 3 is 2.56 bits per heavy atom. The van der Waals surface area contributed by atoms with E-state index in [1.165, 1.54) is 18.9 Å². The number of amides is 1. The van der Waals surface area contributed by atoms with E-state index < -0.39 is 6.04 Å². The van der Waals surface area contributed by atoms with Crippen LogP contribution in [-0.4, -0.2) is 31.3 Å². The number of hydrogen-bond donors (Lipinski definition) is 1. The summed E-state index contributed by atoms with van der Waals surface area (Å²) in [5.41, 5.74) is 0.842. The van der Waals surface area contributed by atoms with Gasteiger partial charge in [0.2, 0.25) is 5.91 Å². The number of carbonyl (C=O) groups is 2. The highest BCUT2D eigenvalue weighted by molar-refractivity contribution is 9.10. The van der Waals surface area contributed by atoms with Gasteiger partial charge in [-0.2, -0.15) is 0 Å². The third-order valence-corrected chi connectivity index (χ3v) is 5.19. The van der Waals surface area contributed by atoms with Crippen molar-refractivity contribution in [3.05, 3.63) is 58.6 Å². The van der Waals surface area contributed by atoms with Gasteiger partial charge >= 0.3 is 5.97 Å². The molecule has 1 N–H and O–H groups in total. The monoisotopic (exact) mass is 451 g/mol. The normalized spacial score (nSPS) is 11.5. The van der Waals surface area contributed by atoms with Crippen LogP contribution in [0.3, 0.4) is 0 Å². The van der Waals surface area contributed by atoms with Crippen LogP contribution >= 0.6 is 27.7 Å². The van der Waals surface area contributed by atoms with Gasteiger partial charge < -0.3 is 14.8 Å². The molecular weight excluding hydrogens is 430 g/mol. The maximum Gasteiger partial charge on any atom is 0.307 e. The van der Waals surface area contributed by atoms with Gasteiger partial charge in [0.1, 0.15) is 5.75 Å². The van der Waals surface area contributed by atoms with Crippen LogP contribution in [0.1, 0.15) is 24.9 Å². The van der Waals surface area contributed by atoms with E-state index in [1.807, 2.05) is 55.5 Å². The van der Waals surface area contributed by atoms with Crippen molar-refractivity contribution in [2.24, 2.45) is 0 Å². The lowest BCUT2D eigenvalue weighted by molar-refractivity contribution is -0.141. The quantitative estimate of drug-likeness (QED) is 0.453. The van der Waals surface area contributed by atoms with Gasteiger partial charge in [0.25, 0.3) is 0 Å². The molecule has 1 amide bonds. The Labute approximate surface area is 171 Å². The molecule has 0 spiro atoms. The van der Waals surface area contributed by atoms with Crippen molar-refractivity contribution >= 4 is 39.6 Å². The number of nitrogens with one attached hydrogen (secondary N) is 1. The molecule has 2 rings (SSSR count). The zero-order chi connectivity index (χ0) is 19.6. The Bertz CT molecular complexity index is 767. The van der Waals surface area contributed by atoms with Gasteiger partial charge in [-0.1, -0.05) is 28.1 Å². The fourth-order valence-electron chi connectivity index (χ4n) is 2.41. The van der Waals surface area contributed by atoms with Crippen molar-refractivity contribution < 1.29 is 19.1 Å². The number of methoxy groups -OCH3 is 1. The maximum absolute atomic E-state index is 12.4. The average Bonchev–Trinajstić information content (AvgIpc) is 2.67. The summed E-state index contributed by atoms with van der Waals surface area (Å²) in [6, 6.07) is 14.7. The van der Waals surface area contributed by atoms with E-state index in [-0.39, 0.29) is 24.1 Å². The Morgan fingerprint density at radius 1 is 1.19 bits per heavy atom. The van der Waals surface area contributed by atoms with Gasteiger partial charge in [0, 0.05) is 9.37 Å². The molecule has 0 heterocycles. The fraction of sp³-hybridized carbons (Fsp3) is 0.300. The third kappa shape index (κ3) is 7.27. The van der Waals surface area contributed by atoms with E-state index in [1.54, 1.807) is 0 Å². The van der Waals surface area contributed by atoms with Crippen LogP contribution in [0.15, 0.2) is 57.9 Å². The van der Waals surface area contributed by atoms with E-state index >= 15 is 0 Å². The molecule has 0 radical (unpaired) electrons. The molecule has 0 aliphatic heterocycles. The molecule has 0 bridgehead atoms. The Morgan fingerprint density at radius 2 is 1.93 bits per heavy atom. The van der Waals surface area contributed by atoms with E-state index in [9.17, 15) is 9.59 Å². The molecule has 5 nitrogen and oxygen atoms in total. The topological polar surface area (TPSA) is 64.6 Å². The first kappa shape index (κ1) is 21.3. The summed E-state index contributed by atoms with van der Waals surface area (Å²) >= 11 is 4.84. The zero-order valence-corrected chi connectivity index (χ0v) is 17.6. The number of esters is 1. The Balaban J connectivity index is 1.97. The minimum Gasteiger partial charge on any atom is -0.494 e. The predicted molar refractivity (Wildman–Crippen MR) is 110 cm³/mol. The summed E-state index contributed by atoms with van der Waals surface area (Å²) < 4.78 is 11.0. The number of halogens is 1. The number of benzene rings is 2. The van der Waals surface area contributed by atoms with Gasteiger partial charge in [-0.25, -0.2) is 0 Å². The second-order valence-corrected chi connectivity index (χ2v) is 7.61. The molecule has 0 aliphatic rings. The Hall–Kier alpha value is -1.99. The van der Waals surface area contributed by atoms with Gasteiger partial charge in [-0.15, -0.1) is 11.8 Å². The summed E-state index contributed by atoms with van der Waals surface area (Å²) in [6.07, 6.45) is 0.0758. The molecule has 0 aliphatic carbocycles. The molecule has 27 heavy (non-hydrogen) atoms. The standard InChI is InChI=1S/C20H22BrNO4S/c1-3-26-16-7-9-17(10-8-16)27-13-19(23)22-18(12-20(24)25-2)14-5-4-6-15(21)11-14/h4-11,18H,3,12-13H2,1-2H3,(H,22,23). The van der Waals surface area contributed by atoms with Crippen molar-refractivity contribution in [3.63, 3.8) is 0 Å². The van der Waals surface area contributed by atoms with Gasteiger partial charge in [-0.05, 0) is 48.9 Å². The van der Waals surface area contributed by atoms with Crippen LogP contribution in [0.2, 0.25) is 0 Å². The number of ether oxygens (including phenoxy) is 2. The molecule has 0 aromatic heterocycles. The molecule has 0 saturated carbocycles. The molecule has 144 valence electrons. The smallest absolute Gasteiger partial charge is 0.307 e.